The van der Waals surface area contributed by atoms with Gasteiger partial charge in [-0.3, -0.25) is 15.1 Å². The van der Waals surface area contributed by atoms with E-state index in [1.54, 1.807) is 18.3 Å². The van der Waals surface area contributed by atoms with Gasteiger partial charge >= 0.3 is 0 Å². The van der Waals surface area contributed by atoms with Crippen LogP contribution in [0.5, 0.6) is 0 Å². The fourth-order valence-electron chi connectivity index (χ4n) is 3.25. The Morgan fingerprint density at radius 1 is 1.28 bits per heavy atom. The summed E-state index contributed by atoms with van der Waals surface area (Å²) in [6, 6.07) is 12.8. The van der Waals surface area contributed by atoms with Crippen LogP contribution in [-0.4, -0.2) is 22.2 Å². The summed E-state index contributed by atoms with van der Waals surface area (Å²) in [5, 5.41) is 3.15. The number of furan rings is 1. The van der Waals surface area contributed by atoms with E-state index in [1.807, 2.05) is 42.5 Å². The van der Waals surface area contributed by atoms with Gasteiger partial charge in [0, 0.05) is 16.8 Å². The summed E-state index contributed by atoms with van der Waals surface area (Å²) in [7, 11) is 0. The minimum absolute atomic E-state index is 0.00500. The molecular weight excluding hydrogens is 447 g/mol. The molecule has 6 nitrogen and oxygen atoms in total. The van der Waals surface area contributed by atoms with Gasteiger partial charge in [0.25, 0.3) is 5.91 Å². The number of guanidine groups is 1. The number of rotatable bonds is 5. The zero-order valence-electron chi connectivity index (χ0n) is 17.0. The lowest BCUT2D eigenvalue weighted by Crippen LogP contribution is -2.36. The second-order valence-electron chi connectivity index (χ2n) is 7.15. The molecule has 3 N–H and O–H groups in total. The first-order valence-electron chi connectivity index (χ1n) is 9.92. The summed E-state index contributed by atoms with van der Waals surface area (Å²) in [5.41, 5.74) is 10.5. The predicted molar refractivity (Wildman–Crippen MR) is 128 cm³/mol. The lowest BCUT2D eigenvalue weighted by atomic mass is 9.95. The van der Waals surface area contributed by atoms with Crippen molar-refractivity contribution in [1.82, 2.24) is 10.3 Å². The van der Waals surface area contributed by atoms with Crippen LogP contribution in [0.15, 0.2) is 82.6 Å². The number of hydrogen-bond donors (Lipinski definition) is 2. The Labute approximate surface area is 195 Å². The Morgan fingerprint density at radius 3 is 2.78 bits per heavy atom. The number of nitrogens with zero attached hydrogens (tertiary/aromatic N) is 2. The van der Waals surface area contributed by atoms with Gasteiger partial charge in [0.15, 0.2) is 11.7 Å². The summed E-state index contributed by atoms with van der Waals surface area (Å²) < 4.78 is 5.05. The first kappa shape index (κ1) is 21.9. The van der Waals surface area contributed by atoms with Crippen LogP contribution >= 0.6 is 23.2 Å². The van der Waals surface area contributed by atoms with Crippen molar-refractivity contribution in [2.24, 2.45) is 10.7 Å². The number of amides is 1. The predicted octanol–water partition coefficient (Wildman–Crippen LogP) is 5.19. The molecule has 2 heterocycles. The van der Waals surface area contributed by atoms with Crippen molar-refractivity contribution in [3.8, 4) is 11.1 Å². The van der Waals surface area contributed by atoms with Gasteiger partial charge in [0.2, 0.25) is 0 Å². The topological polar surface area (TPSA) is 93.5 Å². The largest absolute Gasteiger partial charge is 0.459 e. The minimum Gasteiger partial charge on any atom is -0.459 e. The van der Waals surface area contributed by atoms with Crippen LogP contribution in [0.4, 0.5) is 0 Å². The van der Waals surface area contributed by atoms with Crippen LogP contribution in [0.25, 0.3) is 16.7 Å². The van der Waals surface area contributed by atoms with E-state index in [2.05, 4.69) is 16.4 Å². The highest BCUT2D eigenvalue weighted by atomic mass is 35.5. The van der Waals surface area contributed by atoms with Gasteiger partial charge in [-0.25, -0.2) is 4.99 Å². The molecule has 1 aliphatic rings. The van der Waals surface area contributed by atoms with Crippen LogP contribution in [0, 0.1) is 0 Å². The van der Waals surface area contributed by atoms with Gasteiger partial charge < -0.3 is 10.2 Å². The Hall–Kier alpha value is -3.35. The molecule has 2 aromatic heterocycles. The molecule has 162 valence electrons. The van der Waals surface area contributed by atoms with Gasteiger partial charge in [-0.1, -0.05) is 42.0 Å². The smallest absolute Gasteiger partial charge is 0.293 e. The maximum absolute atomic E-state index is 12.0. The lowest BCUT2D eigenvalue weighted by Gasteiger charge is -2.15. The van der Waals surface area contributed by atoms with E-state index >= 15 is 0 Å². The van der Waals surface area contributed by atoms with Gasteiger partial charge in [-0.2, -0.15) is 0 Å². The molecule has 32 heavy (non-hydrogen) atoms. The summed E-state index contributed by atoms with van der Waals surface area (Å²) in [6.07, 6.45) is 9.94. The number of carbonyl (C=O) groups excluding carboxylic acids is 1. The molecule has 4 rings (SSSR count). The fraction of sp³-hybridized carbons (Fsp3) is 0.125. The van der Waals surface area contributed by atoms with E-state index in [0.717, 1.165) is 34.4 Å². The Kier molecular flexibility index (Phi) is 6.73. The van der Waals surface area contributed by atoms with Crippen molar-refractivity contribution in [3.05, 3.63) is 95.2 Å². The summed E-state index contributed by atoms with van der Waals surface area (Å²) >= 11 is 12.3. The summed E-state index contributed by atoms with van der Waals surface area (Å²) in [5.74, 6) is -0.304. The molecule has 0 spiro atoms. The number of aliphatic imine (C=N–C) groups is 1. The number of allylic oxidation sites excluding steroid dienone is 4. The van der Waals surface area contributed by atoms with Crippen LogP contribution < -0.4 is 11.1 Å². The Morgan fingerprint density at radius 2 is 2.09 bits per heavy atom. The van der Waals surface area contributed by atoms with E-state index in [0.29, 0.717) is 5.02 Å². The number of carbonyl (C=O) groups is 1. The Balaban J connectivity index is 1.59. The van der Waals surface area contributed by atoms with Crippen molar-refractivity contribution < 1.29 is 9.21 Å². The highest BCUT2D eigenvalue weighted by molar-refractivity contribution is 6.30. The monoisotopic (exact) mass is 466 g/mol. The molecule has 1 aromatic carbocycles. The third-order valence-electron chi connectivity index (χ3n) is 4.84. The van der Waals surface area contributed by atoms with Crippen LogP contribution in [0.3, 0.4) is 0 Å². The molecule has 0 aliphatic heterocycles. The number of halogens is 2. The average molecular weight is 467 g/mol. The van der Waals surface area contributed by atoms with Gasteiger partial charge in [-0.15, -0.1) is 11.6 Å². The first-order valence-corrected chi connectivity index (χ1v) is 10.7. The van der Waals surface area contributed by atoms with Gasteiger partial charge in [0.05, 0.1) is 23.9 Å². The van der Waals surface area contributed by atoms with Crippen molar-refractivity contribution in [2.45, 2.75) is 18.3 Å². The first-order chi connectivity index (χ1) is 15.5. The average Bonchev–Trinajstić information content (AvgIpc) is 3.34. The van der Waals surface area contributed by atoms with Crippen molar-refractivity contribution in [1.29, 1.82) is 0 Å². The number of pyridine rings is 1. The second-order valence-corrected chi connectivity index (χ2v) is 8.15. The van der Waals surface area contributed by atoms with E-state index in [9.17, 15) is 4.79 Å². The molecule has 1 aliphatic carbocycles. The molecule has 0 bridgehead atoms. The number of aromatic nitrogens is 1. The second kappa shape index (κ2) is 9.85. The fourth-order valence-corrected chi connectivity index (χ4v) is 3.53. The molecule has 0 fully saturated rings. The SMILES string of the molecule is NC(=NCc1cnc(C2=CCC(Cl)C=C2)c(-c2ccc(Cl)cc2)c1)NC(=O)c1ccco1. The number of benzene rings is 1. The Bertz CT molecular complexity index is 1200. The lowest BCUT2D eigenvalue weighted by molar-refractivity contribution is 0.0949. The van der Waals surface area contributed by atoms with E-state index in [-0.39, 0.29) is 23.6 Å². The standard InChI is InChI=1S/C24H20Cl2N4O2/c25-18-7-3-16(4-8-18)20-12-15(13-28-22(20)17-5-9-19(26)10-6-17)14-29-24(27)30-23(31)21-2-1-11-32-21/h1-9,11-13,19H,10,14H2,(H3,27,29,30,31). The van der Waals surface area contributed by atoms with E-state index in [1.165, 1.54) is 6.26 Å². The number of hydrogen-bond acceptors (Lipinski definition) is 4. The van der Waals surface area contributed by atoms with Crippen molar-refractivity contribution in [3.63, 3.8) is 0 Å². The molecule has 0 saturated heterocycles. The molecule has 8 heteroatoms. The van der Waals surface area contributed by atoms with Gasteiger partial charge in [0.1, 0.15) is 0 Å². The van der Waals surface area contributed by atoms with E-state index < -0.39 is 5.91 Å². The molecule has 0 radical (unpaired) electrons. The van der Waals surface area contributed by atoms with Crippen LogP contribution in [0.1, 0.15) is 28.2 Å². The molecule has 1 unspecified atom stereocenters. The van der Waals surface area contributed by atoms with Crippen LogP contribution in [-0.2, 0) is 6.54 Å². The van der Waals surface area contributed by atoms with E-state index in [4.69, 9.17) is 38.3 Å². The molecule has 1 atom stereocenters. The molecular formula is C24H20Cl2N4O2. The maximum Gasteiger partial charge on any atom is 0.293 e. The highest BCUT2D eigenvalue weighted by Gasteiger charge is 2.15. The summed E-state index contributed by atoms with van der Waals surface area (Å²) in [6.45, 7) is 0.247. The van der Waals surface area contributed by atoms with Crippen LogP contribution in [0.2, 0.25) is 5.02 Å². The van der Waals surface area contributed by atoms with Crippen molar-refractivity contribution >= 4 is 40.6 Å². The molecule has 1 amide bonds. The zero-order chi connectivity index (χ0) is 22.5. The highest BCUT2D eigenvalue weighted by Crippen LogP contribution is 2.32. The number of alkyl halides is 1. The zero-order valence-corrected chi connectivity index (χ0v) is 18.5. The quantitative estimate of drug-likeness (QED) is 0.307. The van der Waals surface area contributed by atoms with Crippen molar-refractivity contribution in [2.75, 3.05) is 0 Å². The third-order valence-corrected chi connectivity index (χ3v) is 5.41. The number of nitrogens with two attached hydrogens (primary N) is 1. The maximum atomic E-state index is 12.0. The normalized spacial score (nSPS) is 16.0. The minimum atomic E-state index is -0.458. The number of nitrogens with one attached hydrogen (secondary N) is 1. The molecule has 3 aromatic rings. The molecule has 0 saturated carbocycles. The third kappa shape index (κ3) is 5.28. The summed E-state index contributed by atoms with van der Waals surface area (Å²) in [4.78, 5) is 21.0. The van der Waals surface area contributed by atoms with Gasteiger partial charge in [-0.05, 0) is 53.5 Å².